The number of nitrogens with zero attached hydrogens (tertiary/aromatic N) is 3. The summed E-state index contributed by atoms with van der Waals surface area (Å²) < 4.78 is 1.59. The molecule has 1 atom stereocenters. The Balaban J connectivity index is 3.19. The highest BCUT2D eigenvalue weighted by Crippen LogP contribution is 2.11. The van der Waals surface area contributed by atoms with Crippen LogP contribution >= 0.6 is 0 Å². The molecule has 1 aromatic heterocycles. The first kappa shape index (κ1) is 16.2. The van der Waals surface area contributed by atoms with Crippen LogP contribution in [0.3, 0.4) is 0 Å². The van der Waals surface area contributed by atoms with Gasteiger partial charge in [0.1, 0.15) is 6.54 Å². The molecule has 0 aliphatic rings. The number of anilines is 1. The first-order valence-electron chi connectivity index (χ1n) is 6.90. The summed E-state index contributed by atoms with van der Waals surface area (Å²) in [5.41, 5.74) is -0.234. The third-order valence-electron chi connectivity index (χ3n) is 3.16. The molecule has 0 radical (unpaired) electrons. The van der Waals surface area contributed by atoms with Crippen molar-refractivity contribution in [2.45, 2.75) is 46.7 Å². The lowest BCUT2D eigenvalue weighted by atomic mass is 10.2. The number of carbonyl (C=O) groups is 1. The first-order chi connectivity index (χ1) is 9.36. The van der Waals surface area contributed by atoms with E-state index in [2.05, 4.69) is 4.98 Å². The SMILES string of the molecule is CCC(C)N(CC(=O)O)c1nccn(CC(C)C)c1=O. The normalized spacial score (nSPS) is 12.4. The average molecular weight is 281 g/mol. The number of carboxylic acids is 1. The highest BCUT2D eigenvalue weighted by atomic mass is 16.4. The third kappa shape index (κ3) is 4.08. The largest absolute Gasteiger partial charge is 0.480 e. The van der Waals surface area contributed by atoms with E-state index in [4.69, 9.17) is 5.11 Å². The lowest BCUT2D eigenvalue weighted by Crippen LogP contribution is -2.42. The van der Waals surface area contributed by atoms with Crippen LogP contribution < -0.4 is 10.5 Å². The Kier molecular flexibility index (Phi) is 5.73. The summed E-state index contributed by atoms with van der Waals surface area (Å²) in [5, 5.41) is 9.02. The number of rotatable bonds is 7. The Morgan fingerprint density at radius 3 is 2.60 bits per heavy atom. The molecule has 0 aliphatic carbocycles. The number of hydrogen-bond acceptors (Lipinski definition) is 4. The molecule has 0 aromatic carbocycles. The Hall–Kier alpha value is -1.85. The zero-order valence-corrected chi connectivity index (χ0v) is 12.5. The van der Waals surface area contributed by atoms with Crippen LogP contribution in [-0.4, -0.2) is 33.2 Å². The lowest BCUT2D eigenvalue weighted by Gasteiger charge is -2.27. The molecule has 0 aliphatic heterocycles. The van der Waals surface area contributed by atoms with Gasteiger partial charge in [0.05, 0.1) is 0 Å². The topological polar surface area (TPSA) is 75.4 Å². The van der Waals surface area contributed by atoms with Crippen molar-refractivity contribution in [1.29, 1.82) is 0 Å². The molecule has 6 heteroatoms. The van der Waals surface area contributed by atoms with Crippen molar-refractivity contribution in [3.63, 3.8) is 0 Å². The van der Waals surface area contributed by atoms with E-state index < -0.39 is 5.97 Å². The van der Waals surface area contributed by atoms with E-state index in [-0.39, 0.29) is 24.0 Å². The molecule has 0 fully saturated rings. The van der Waals surface area contributed by atoms with Gasteiger partial charge in [-0.3, -0.25) is 9.59 Å². The van der Waals surface area contributed by atoms with Gasteiger partial charge < -0.3 is 14.6 Å². The van der Waals surface area contributed by atoms with Gasteiger partial charge >= 0.3 is 5.97 Å². The van der Waals surface area contributed by atoms with Crippen LogP contribution in [0.2, 0.25) is 0 Å². The predicted molar refractivity (Wildman–Crippen MR) is 78.1 cm³/mol. The van der Waals surface area contributed by atoms with Crippen molar-refractivity contribution < 1.29 is 9.90 Å². The van der Waals surface area contributed by atoms with Crippen molar-refractivity contribution in [2.24, 2.45) is 5.92 Å². The maximum absolute atomic E-state index is 12.4. The summed E-state index contributed by atoms with van der Waals surface area (Å²) in [5.74, 6) is -0.421. The fraction of sp³-hybridized carbons (Fsp3) is 0.643. The molecule has 0 amide bonds. The van der Waals surface area contributed by atoms with Gasteiger partial charge in [0.2, 0.25) is 0 Å². The molecule has 112 valence electrons. The van der Waals surface area contributed by atoms with Crippen LogP contribution in [0, 0.1) is 5.92 Å². The summed E-state index contributed by atoms with van der Waals surface area (Å²) in [6.07, 6.45) is 3.94. The summed E-state index contributed by atoms with van der Waals surface area (Å²) in [6.45, 7) is 8.27. The molecule has 0 saturated carbocycles. The van der Waals surface area contributed by atoms with Gasteiger partial charge in [0.15, 0.2) is 5.82 Å². The minimum absolute atomic E-state index is 0.0544. The molecule has 1 rings (SSSR count). The van der Waals surface area contributed by atoms with Gasteiger partial charge in [-0.15, -0.1) is 0 Å². The number of aromatic nitrogens is 2. The van der Waals surface area contributed by atoms with Crippen molar-refractivity contribution in [1.82, 2.24) is 9.55 Å². The molecule has 20 heavy (non-hydrogen) atoms. The molecule has 0 spiro atoms. The highest BCUT2D eigenvalue weighted by molar-refractivity contribution is 5.73. The first-order valence-corrected chi connectivity index (χ1v) is 6.90. The van der Waals surface area contributed by atoms with Gasteiger partial charge in [-0.05, 0) is 19.3 Å². The molecule has 0 bridgehead atoms. The van der Waals surface area contributed by atoms with Crippen LogP contribution in [0.1, 0.15) is 34.1 Å². The van der Waals surface area contributed by atoms with Gasteiger partial charge in [-0.25, -0.2) is 4.98 Å². The van der Waals surface area contributed by atoms with Gasteiger partial charge in [-0.1, -0.05) is 20.8 Å². The summed E-state index contributed by atoms with van der Waals surface area (Å²) in [7, 11) is 0. The molecular weight excluding hydrogens is 258 g/mol. The fourth-order valence-corrected chi connectivity index (χ4v) is 1.98. The highest BCUT2D eigenvalue weighted by Gasteiger charge is 2.21. The summed E-state index contributed by atoms with van der Waals surface area (Å²) in [4.78, 5) is 29.1. The van der Waals surface area contributed by atoms with E-state index in [1.165, 1.54) is 0 Å². The second-order valence-electron chi connectivity index (χ2n) is 5.38. The van der Waals surface area contributed by atoms with E-state index in [0.29, 0.717) is 12.5 Å². The van der Waals surface area contributed by atoms with Crippen LogP contribution in [0.4, 0.5) is 5.82 Å². The van der Waals surface area contributed by atoms with Crippen molar-refractivity contribution in [3.05, 3.63) is 22.7 Å². The lowest BCUT2D eigenvalue weighted by molar-refractivity contribution is -0.135. The number of aliphatic carboxylic acids is 1. The molecule has 6 nitrogen and oxygen atoms in total. The zero-order valence-electron chi connectivity index (χ0n) is 12.5. The van der Waals surface area contributed by atoms with E-state index in [1.54, 1.807) is 21.9 Å². The Morgan fingerprint density at radius 1 is 1.45 bits per heavy atom. The van der Waals surface area contributed by atoms with Crippen molar-refractivity contribution >= 4 is 11.8 Å². The van der Waals surface area contributed by atoms with Crippen LogP contribution in [0.5, 0.6) is 0 Å². The standard InChI is InChI=1S/C14H23N3O3/c1-5-11(4)17(9-12(18)19)13-14(20)16(7-6-15-13)8-10(2)3/h6-7,10-11H,5,8-9H2,1-4H3,(H,18,19). The Bertz CT molecular complexity index is 511. The molecule has 0 saturated heterocycles. The van der Waals surface area contributed by atoms with E-state index in [9.17, 15) is 9.59 Å². The van der Waals surface area contributed by atoms with Gasteiger partial charge in [0.25, 0.3) is 5.56 Å². The number of carboxylic acid groups (broad SMARTS) is 1. The number of hydrogen-bond donors (Lipinski definition) is 1. The van der Waals surface area contributed by atoms with Crippen molar-refractivity contribution in [2.75, 3.05) is 11.4 Å². The summed E-state index contributed by atoms with van der Waals surface area (Å²) in [6, 6.07) is -0.0544. The maximum atomic E-state index is 12.4. The van der Waals surface area contributed by atoms with Crippen LogP contribution in [0.15, 0.2) is 17.2 Å². The fourth-order valence-electron chi connectivity index (χ4n) is 1.98. The Morgan fingerprint density at radius 2 is 2.10 bits per heavy atom. The van der Waals surface area contributed by atoms with Crippen LogP contribution in [0.25, 0.3) is 0 Å². The zero-order chi connectivity index (χ0) is 15.3. The molecule has 1 aromatic rings. The maximum Gasteiger partial charge on any atom is 0.323 e. The second-order valence-corrected chi connectivity index (χ2v) is 5.38. The van der Waals surface area contributed by atoms with E-state index in [1.807, 2.05) is 27.7 Å². The average Bonchev–Trinajstić information content (AvgIpc) is 2.37. The van der Waals surface area contributed by atoms with Crippen LogP contribution in [-0.2, 0) is 11.3 Å². The molecule has 1 unspecified atom stereocenters. The molecule has 1 N–H and O–H groups in total. The summed E-state index contributed by atoms with van der Waals surface area (Å²) >= 11 is 0. The van der Waals surface area contributed by atoms with E-state index in [0.717, 1.165) is 6.42 Å². The van der Waals surface area contributed by atoms with Gasteiger partial charge in [0, 0.05) is 25.0 Å². The monoisotopic (exact) mass is 281 g/mol. The molecular formula is C14H23N3O3. The molecule has 1 heterocycles. The van der Waals surface area contributed by atoms with Gasteiger partial charge in [-0.2, -0.15) is 0 Å². The van der Waals surface area contributed by atoms with Crippen molar-refractivity contribution in [3.8, 4) is 0 Å². The quantitative estimate of drug-likeness (QED) is 0.821. The smallest absolute Gasteiger partial charge is 0.323 e. The third-order valence-corrected chi connectivity index (χ3v) is 3.16. The Labute approximate surface area is 119 Å². The second kappa shape index (κ2) is 7.07. The predicted octanol–water partition coefficient (Wildman–Crippen LogP) is 1.59. The minimum atomic E-state index is -0.967. The minimum Gasteiger partial charge on any atom is -0.480 e. The van der Waals surface area contributed by atoms with E-state index >= 15 is 0 Å².